The highest BCUT2D eigenvalue weighted by atomic mass is 16.8. The zero-order valence-corrected chi connectivity index (χ0v) is 18.8. The second-order valence-corrected chi connectivity index (χ2v) is 8.74. The van der Waals surface area contributed by atoms with Crippen LogP contribution < -0.4 is 9.64 Å². The van der Waals surface area contributed by atoms with Crippen LogP contribution in [-0.2, 0) is 28.5 Å². The lowest BCUT2D eigenvalue weighted by molar-refractivity contribution is -0.227. The Morgan fingerprint density at radius 1 is 1.00 bits per heavy atom. The van der Waals surface area contributed by atoms with Gasteiger partial charge in [-0.2, -0.15) is 0 Å². The van der Waals surface area contributed by atoms with Gasteiger partial charge in [-0.1, -0.05) is 0 Å². The van der Waals surface area contributed by atoms with E-state index in [0.717, 1.165) is 5.69 Å². The SMILES string of the molecule is COC[C@@H]1OC(C)([C@@H]2[C@@H](OC(C)(C)C)C(=O)N2c2ccc(OC)cc2)O[C@H]1COC. The van der Waals surface area contributed by atoms with E-state index in [1.807, 2.05) is 52.0 Å². The van der Waals surface area contributed by atoms with Gasteiger partial charge >= 0.3 is 0 Å². The number of benzene rings is 1. The van der Waals surface area contributed by atoms with Crippen LogP contribution in [0.25, 0.3) is 0 Å². The van der Waals surface area contributed by atoms with Crippen LogP contribution in [0.3, 0.4) is 0 Å². The van der Waals surface area contributed by atoms with Crippen molar-refractivity contribution < 1.29 is 33.2 Å². The predicted octanol–water partition coefficient (Wildman–Crippen LogP) is 2.39. The number of carbonyl (C=O) groups excluding carboxylic acids is 1. The number of ether oxygens (including phenoxy) is 6. The van der Waals surface area contributed by atoms with Crippen LogP contribution in [0.1, 0.15) is 27.7 Å². The first kappa shape index (κ1) is 23.0. The lowest BCUT2D eigenvalue weighted by atomic mass is 9.88. The third kappa shape index (κ3) is 4.48. The smallest absolute Gasteiger partial charge is 0.259 e. The number of hydrogen-bond donors (Lipinski definition) is 0. The highest BCUT2D eigenvalue weighted by Gasteiger charge is 2.63. The summed E-state index contributed by atoms with van der Waals surface area (Å²) < 4.78 is 34.6. The molecule has 168 valence electrons. The Balaban J connectivity index is 1.93. The van der Waals surface area contributed by atoms with Gasteiger partial charge in [-0.15, -0.1) is 0 Å². The minimum Gasteiger partial charge on any atom is -0.497 e. The summed E-state index contributed by atoms with van der Waals surface area (Å²) in [5.74, 6) is -0.506. The van der Waals surface area contributed by atoms with Gasteiger partial charge in [0.1, 0.15) is 24.0 Å². The van der Waals surface area contributed by atoms with E-state index < -0.39 is 23.5 Å². The number of methoxy groups -OCH3 is 3. The first-order valence-corrected chi connectivity index (χ1v) is 10.1. The van der Waals surface area contributed by atoms with E-state index in [4.69, 9.17) is 28.4 Å². The number of hydrogen-bond acceptors (Lipinski definition) is 7. The number of β-lactam (4-membered cyclic amide) rings is 1. The minimum atomic E-state index is -1.09. The van der Waals surface area contributed by atoms with Crippen LogP contribution in [0, 0.1) is 0 Å². The molecule has 3 rings (SSSR count). The normalized spacial score (nSPS) is 28.5. The van der Waals surface area contributed by atoms with Gasteiger partial charge < -0.3 is 28.4 Å². The molecule has 1 amide bonds. The van der Waals surface area contributed by atoms with Crippen LogP contribution in [-0.4, -0.2) is 76.2 Å². The Hall–Kier alpha value is -1.71. The summed E-state index contributed by atoms with van der Waals surface area (Å²) in [6, 6.07) is 6.84. The van der Waals surface area contributed by atoms with E-state index >= 15 is 0 Å². The van der Waals surface area contributed by atoms with Crippen molar-refractivity contribution in [1.82, 2.24) is 0 Å². The second-order valence-electron chi connectivity index (χ2n) is 8.74. The molecular formula is C22H33NO7. The van der Waals surface area contributed by atoms with Crippen LogP contribution in [0.4, 0.5) is 5.69 Å². The van der Waals surface area contributed by atoms with Crippen LogP contribution in [0.2, 0.25) is 0 Å². The fourth-order valence-electron chi connectivity index (χ4n) is 4.03. The molecule has 2 fully saturated rings. The fraction of sp³-hybridized carbons (Fsp3) is 0.682. The van der Waals surface area contributed by atoms with E-state index in [-0.39, 0.29) is 18.1 Å². The van der Waals surface area contributed by atoms with Gasteiger partial charge in [-0.05, 0) is 52.0 Å². The van der Waals surface area contributed by atoms with Gasteiger partial charge in [0.15, 0.2) is 11.9 Å². The molecule has 2 saturated heterocycles. The molecule has 2 heterocycles. The molecule has 0 bridgehead atoms. The zero-order chi connectivity index (χ0) is 22.1. The highest BCUT2D eigenvalue weighted by Crippen LogP contribution is 2.44. The van der Waals surface area contributed by atoms with Crippen molar-refractivity contribution in [1.29, 1.82) is 0 Å². The molecule has 8 nitrogen and oxygen atoms in total. The summed E-state index contributed by atoms with van der Waals surface area (Å²) in [6.45, 7) is 8.34. The van der Waals surface area contributed by atoms with Crippen LogP contribution in [0.15, 0.2) is 24.3 Å². The van der Waals surface area contributed by atoms with Gasteiger partial charge in [0.25, 0.3) is 5.91 Å². The number of nitrogens with zero attached hydrogens (tertiary/aromatic N) is 1. The molecule has 0 radical (unpaired) electrons. The van der Waals surface area contributed by atoms with Gasteiger partial charge in [0.05, 0.1) is 25.9 Å². The lowest BCUT2D eigenvalue weighted by Crippen LogP contribution is -2.75. The first-order chi connectivity index (χ1) is 14.1. The van der Waals surface area contributed by atoms with Gasteiger partial charge in [0.2, 0.25) is 0 Å². The van der Waals surface area contributed by atoms with Crippen molar-refractivity contribution in [3.8, 4) is 5.75 Å². The second kappa shape index (κ2) is 8.80. The topological polar surface area (TPSA) is 75.7 Å². The molecule has 2 aliphatic heterocycles. The molecule has 1 aromatic rings. The number of carbonyl (C=O) groups is 1. The van der Waals surface area contributed by atoms with E-state index in [1.165, 1.54) is 0 Å². The molecule has 0 N–H and O–H groups in total. The maximum atomic E-state index is 13.1. The molecule has 8 heteroatoms. The van der Waals surface area contributed by atoms with E-state index in [0.29, 0.717) is 19.0 Å². The third-order valence-corrected chi connectivity index (χ3v) is 5.26. The molecule has 0 spiro atoms. The number of amides is 1. The Morgan fingerprint density at radius 2 is 1.53 bits per heavy atom. The highest BCUT2D eigenvalue weighted by molar-refractivity contribution is 6.05. The Labute approximate surface area is 178 Å². The Morgan fingerprint density at radius 3 is 1.97 bits per heavy atom. The summed E-state index contributed by atoms with van der Waals surface area (Å²) >= 11 is 0. The van der Waals surface area contributed by atoms with Crippen molar-refractivity contribution in [2.24, 2.45) is 0 Å². The molecule has 1 aromatic carbocycles. The standard InChI is InChI=1S/C22H33NO7/c1-21(2,3)30-18-19(22(4)28-16(12-25-5)17(29-22)13-26-6)23(20(18)24)14-8-10-15(27-7)11-9-14/h8-11,16-19H,12-13H2,1-7H3/t16-,17-,18+,19-/m0/s1. The Bertz CT molecular complexity index is 716. The molecule has 30 heavy (non-hydrogen) atoms. The summed E-state index contributed by atoms with van der Waals surface area (Å²) in [6.07, 6.45) is -1.33. The summed E-state index contributed by atoms with van der Waals surface area (Å²) in [7, 11) is 4.84. The molecular weight excluding hydrogens is 390 g/mol. The van der Waals surface area contributed by atoms with Gasteiger partial charge in [-0.25, -0.2) is 0 Å². The summed E-state index contributed by atoms with van der Waals surface area (Å²) in [5.41, 5.74) is 0.226. The number of rotatable bonds is 8. The monoisotopic (exact) mass is 423 g/mol. The first-order valence-electron chi connectivity index (χ1n) is 10.1. The molecule has 4 atom stereocenters. The van der Waals surface area contributed by atoms with Gasteiger partial charge in [-0.3, -0.25) is 9.69 Å². The molecule has 0 aromatic heterocycles. The van der Waals surface area contributed by atoms with E-state index in [2.05, 4.69) is 0 Å². The van der Waals surface area contributed by atoms with E-state index in [9.17, 15) is 4.79 Å². The molecule has 0 unspecified atom stereocenters. The van der Waals surface area contributed by atoms with Crippen molar-refractivity contribution in [2.75, 3.05) is 39.4 Å². The lowest BCUT2D eigenvalue weighted by Gasteiger charge is -2.53. The summed E-state index contributed by atoms with van der Waals surface area (Å²) in [4.78, 5) is 14.8. The van der Waals surface area contributed by atoms with Crippen LogP contribution >= 0.6 is 0 Å². The fourth-order valence-corrected chi connectivity index (χ4v) is 4.03. The van der Waals surface area contributed by atoms with Crippen molar-refractivity contribution in [2.45, 2.75) is 63.4 Å². The van der Waals surface area contributed by atoms with Crippen molar-refractivity contribution >= 4 is 11.6 Å². The van der Waals surface area contributed by atoms with E-state index in [1.54, 1.807) is 26.2 Å². The zero-order valence-electron chi connectivity index (χ0n) is 18.8. The molecule has 0 saturated carbocycles. The van der Waals surface area contributed by atoms with Gasteiger partial charge in [0, 0.05) is 19.9 Å². The largest absolute Gasteiger partial charge is 0.497 e. The Kier molecular flexibility index (Phi) is 6.74. The number of anilines is 1. The quantitative estimate of drug-likeness (QED) is 0.594. The predicted molar refractivity (Wildman–Crippen MR) is 111 cm³/mol. The maximum Gasteiger partial charge on any atom is 0.259 e. The average molecular weight is 424 g/mol. The average Bonchev–Trinajstić information content (AvgIpc) is 3.00. The van der Waals surface area contributed by atoms with Crippen molar-refractivity contribution in [3.63, 3.8) is 0 Å². The third-order valence-electron chi connectivity index (χ3n) is 5.26. The summed E-state index contributed by atoms with van der Waals surface area (Å²) in [5, 5.41) is 0. The molecule has 0 aliphatic carbocycles. The van der Waals surface area contributed by atoms with Crippen molar-refractivity contribution in [3.05, 3.63) is 24.3 Å². The minimum absolute atomic E-state index is 0.132. The van der Waals surface area contributed by atoms with Crippen LogP contribution in [0.5, 0.6) is 5.75 Å². The molecule has 2 aliphatic rings. The maximum absolute atomic E-state index is 13.1.